The number of carbonyl (C=O) groups is 1. The van der Waals surface area contributed by atoms with Crippen LogP contribution < -0.4 is 0 Å². The molecule has 2 heteroatoms. The summed E-state index contributed by atoms with van der Waals surface area (Å²) >= 11 is 0. The predicted octanol–water partition coefficient (Wildman–Crippen LogP) is 2.56. The minimum Gasteiger partial charge on any atom is -0.381 e. The van der Waals surface area contributed by atoms with Crippen LogP contribution in [0.1, 0.15) is 45.4 Å². The molecular formula is C11H20O2. The van der Waals surface area contributed by atoms with E-state index in [0.717, 1.165) is 12.8 Å². The summed E-state index contributed by atoms with van der Waals surface area (Å²) in [6.07, 6.45) is 7.15. The van der Waals surface area contributed by atoms with Crippen molar-refractivity contribution in [2.75, 3.05) is 7.11 Å². The molecule has 76 valence electrons. The van der Waals surface area contributed by atoms with Gasteiger partial charge in [-0.3, -0.25) is 0 Å². The second-order valence-corrected chi connectivity index (χ2v) is 4.08. The SMILES string of the molecule is COC1CCCCCC1CC(C)=O. The summed E-state index contributed by atoms with van der Waals surface area (Å²) in [6, 6.07) is 0. The molecule has 1 rings (SSSR count). The van der Waals surface area contributed by atoms with Gasteiger partial charge in [-0.25, -0.2) is 0 Å². The Labute approximate surface area is 80.7 Å². The van der Waals surface area contributed by atoms with Crippen molar-refractivity contribution in [3.8, 4) is 0 Å². The number of Topliss-reactive ketones (excluding diaryl/α,β-unsaturated/α-hetero) is 1. The Hall–Kier alpha value is -0.370. The minimum atomic E-state index is 0.300. The van der Waals surface area contributed by atoms with Crippen LogP contribution in [0.5, 0.6) is 0 Å². The van der Waals surface area contributed by atoms with E-state index in [-0.39, 0.29) is 0 Å². The molecule has 0 radical (unpaired) electrons. The average molecular weight is 184 g/mol. The molecule has 0 heterocycles. The van der Waals surface area contributed by atoms with E-state index in [1.165, 1.54) is 19.3 Å². The van der Waals surface area contributed by atoms with Gasteiger partial charge in [0.15, 0.2) is 0 Å². The molecule has 2 atom stereocenters. The highest BCUT2D eigenvalue weighted by Crippen LogP contribution is 2.27. The summed E-state index contributed by atoms with van der Waals surface area (Å²) in [4.78, 5) is 11.0. The lowest BCUT2D eigenvalue weighted by molar-refractivity contribution is -0.119. The van der Waals surface area contributed by atoms with E-state index in [9.17, 15) is 4.79 Å². The second kappa shape index (κ2) is 5.38. The number of carbonyl (C=O) groups excluding carboxylic acids is 1. The van der Waals surface area contributed by atoms with Gasteiger partial charge in [-0.15, -0.1) is 0 Å². The smallest absolute Gasteiger partial charge is 0.130 e. The molecule has 0 aromatic heterocycles. The summed E-state index contributed by atoms with van der Waals surface area (Å²) in [7, 11) is 1.77. The third-order valence-electron chi connectivity index (χ3n) is 2.94. The molecule has 0 aromatic rings. The molecule has 0 aliphatic heterocycles. The highest BCUT2D eigenvalue weighted by atomic mass is 16.5. The Morgan fingerprint density at radius 1 is 1.31 bits per heavy atom. The van der Waals surface area contributed by atoms with Crippen LogP contribution in [0.25, 0.3) is 0 Å². The third kappa shape index (κ3) is 3.47. The zero-order valence-corrected chi connectivity index (χ0v) is 8.71. The molecule has 0 saturated heterocycles. The molecular weight excluding hydrogens is 164 g/mol. The molecule has 1 saturated carbocycles. The maximum absolute atomic E-state index is 11.0. The molecule has 1 aliphatic rings. The van der Waals surface area contributed by atoms with Crippen molar-refractivity contribution in [1.82, 2.24) is 0 Å². The van der Waals surface area contributed by atoms with Crippen LogP contribution in [0.4, 0.5) is 0 Å². The van der Waals surface area contributed by atoms with Crippen LogP contribution in [-0.4, -0.2) is 19.0 Å². The predicted molar refractivity (Wildman–Crippen MR) is 52.7 cm³/mol. The maximum atomic E-state index is 11.0. The number of ether oxygens (including phenoxy) is 1. The number of hydrogen-bond acceptors (Lipinski definition) is 2. The van der Waals surface area contributed by atoms with Crippen LogP contribution in [0.2, 0.25) is 0 Å². The van der Waals surface area contributed by atoms with Gasteiger partial charge in [-0.2, -0.15) is 0 Å². The second-order valence-electron chi connectivity index (χ2n) is 4.08. The molecule has 1 aliphatic carbocycles. The normalized spacial score (nSPS) is 29.7. The Bertz CT molecular complexity index is 165. The first-order chi connectivity index (χ1) is 6.24. The standard InChI is InChI=1S/C11H20O2/c1-9(12)8-10-6-4-3-5-7-11(10)13-2/h10-11H,3-8H2,1-2H3. The molecule has 1 fully saturated rings. The van der Waals surface area contributed by atoms with E-state index in [1.54, 1.807) is 14.0 Å². The average Bonchev–Trinajstić information content (AvgIpc) is 2.28. The summed E-state index contributed by atoms with van der Waals surface area (Å²) in [5.74, 6) is 0.777. The summed E-state index contributed by atoms with van der Waals surface area (Å²) in [5.41, 5.74) is 0. The van der Waals surface area contributed by atoms with Gasteiger partial charge in [0.25, 0.3) is 0 Å². The fourth-order valence-corrected chi connectivity index (χ4v) is 2.26. The number of methoxy groups -OCH3 is 1. The van der Waals surface area contributed by atoms with Crippen molar-refractivity contribution in [3.05, 3.63) is 0 Å². The van der Waals surface area contributed by atoms with Gasteiger partial charge in [0.2, 0.25) is 0 Å². The monoisotopic (exact) mass is 184 g/mol. The lowest BCUT2D eigenvalue weighted by atomic mass is 9.92. The molecule has 2 unspecified atom stereocenters. The van der Waals surface area contributed by atoms with Crippen molar-refractivity contribution in [2.45, 2.75) is 51.6 Å². The fourth-order valence-electron chi connectivity index (χ4n) is 2.26. The van der Waals surface area contributed by atoms with E-state index in [0.29, 0.717) is 24.2 Å². The van der Waals surface area contributed by atoms with Gasteiger partial charge in [-0.05, 0) is 25.7 Å². The van der Waals surface area contributed by atoms with E-state index < -0.39 is 0 Å². The minimum absolute atomic E-state index is 0.300. The number of ketones is 1. The number of hydrogen-bond donors (Lipinski definition) is 0. The Morgan fingerprint density at radius 2 is 2.00 bits per heavy atom. The molecule has 0 amide bonds. The lowest BCUT2D eigenvalue weighted by Gasteiger charge is -2.22. The zero-order valence-electron chi connectivity index (χ0n) is 8.71. The summed E-state index contributed by atoms with van der Waals surface area (Å²) < 4.78 is 5.43. The maximum Gasteiger partial charge on any atom is 0.130 e. The van der Waals surface area contributed by atoms with Crippen molar-refractivity contribution in [2.24, 2.45) is 5.92 Å². The fraction of sp³-hybridized carbons (Fsp3) is 0.909. The van der Waals surface area contributed by atoms with E-state index in [1.807, 2.05) is 0 Å². The van der Waals surface area contributed by atoms with Crippen molar-refractivity contribution in [3.63, 3.8) is 0 Å². The van der Waals surface area contributed by atoms with E-state index in [4.69, 9.17) is 4.74 Å². The topological polar surface area (TPSA) is 26.3 Å². The molecule has 0 N–H and O–H groups in total. The summed E-state index contributed by atoms with van der Waals surface area (Å²) in [6.45, 7) is 1.68. The molecule has 0 spiro atoms. The van der Waals surface area contributed by atoms with Gasteiger partial charge < -0.3 is 9.53 Å². The van der Waals surface area contributed by atoms with Crippen molar-refractivity contribution < 1.29 is 9.53 Å². The van der Waals surface area contributed by atoms with Gasteiger partial charge in [0.05, 0.1) is 6.10 Å². The Morgan fingerprint density at radius 3 is 2.62 bits per heavy atom. The van der Waals surface area contributed by atoms with Crippen LogP contribution >= 0.6 is 0 Å². The van der Waals surface area contributed by atoms with Gasteiger partial charge >= 0.3 is 0 Å². The highest BCUT2D eigenvalue weighted by molar-refractivity contribution is 5.75. The lowest BCUT2D eigenvalue weighted by Crippen LogP contribution is -2.23. The van der Waals surface area contributed by atoms with Crippen LogP contribution in [-0.2, 0) is 9.53 Å². The zero-order chi connectivity index (χ0) is 9.68. The quantitative estimate of drug-likeness (QED) is 0.630. The van der Waals surface area contributed by atoms with Crippen LogP contribution in [0.3, 0.4) is 0 Å². The Kier molecular flexibility index (Phi) is 4.43. The van der Waals surface area contributed by atoms with Crippen LogP contribution in [0, 0.1) is 5.92 Å². The largest absolute Gasteiger partial charge is 0.381 e. The molecule has 0 aromatic carbocycles. The molecule has 0 bridgehead atoms. The first-order valence-electron chi connectivity index (χ1n) is 5.26. The van der Waals surface area contributed by atoms with E-state index in [2.05, 4.69) is 0 Å². The van der Waals surface area contributed by atoms with Gasteiger partial charge in [0, 0.05) is 13.5 Å². The summed E-state index contributed by atoms with van der Waals surface area (Å²) in [5, 5.41) is 0. The molecule has 2 nitrogen and oxygen atoms in total. The third-order valence-corrected chi connectivity index (χ3v) is 2.94. The highest BCUT2D eigenvalue weighted by Gasteiger charge is 2.24. The molecule has 13 heavy (non-hydrogen) atoms. The van der Waals surface area contributed by atoms with Crippen LogP contribution in [0.15, 0.2) is 0 Å². The first kappa shape index (κ1) is 10.7. The van der Waals surface area contributed by atoms with Gasteiger partial charge in [-0.1, -0.05) is 19.3 Å². The first-order valence-corrected chi connectivity index (χ1v) is 5.26. The van der Waals surface area contributed by atoms with Crippen molar-refractivity contribution in [1.29, 1.82) is 0 Å². The Balaban J connectivity index is 2.48. The number of rotatable bonds is 3. The van der Waals surface area contributed by atoms with Gasteiger partial charge in [0.1, 0.15) is 5.78 Å². The van der Waals surface area contributed by atoms with E-state index >= 15 is 0 Å². The van der Waals surface area contributed by atoms with Crippen molar-refractivity contribution >= 4 is 5.78 Å².